The van der Waals surface area contributed by atoms with Gasteiger partial charge in [-0.3, -0.25) is 4.79 Å². The number of nitrogens with zero attached hydrogens (tertiary/aromatic N) is 1. The molecule has 98 valence electrons. The largest absolute Gasteiger partial charge is 0.342 e. The third-order valence-electron chi connectivity index (χ3n) is 4.24. The summed E-state index contributed by atoms with van der Waals surface area (Å²) in [7, 11) is 0. The fourth-order valence-corrected chi connectivity index (χ4v) is 3.55. The van der Waals surface area contributed by atoms with Gasteiger partial charge in [0.25, 0.3) is 0 Å². The molecule has 1 aliphatic carbocycles. The topological polar surface area (TPSA) is 46.3 Å². The van der Waals surface area contributed by atoms with Crippen LogP contribution in [-0.4, -0.2) is 29.9 Å². The summed E-state index contributed by atoms with van der Waals surface area (Å²) in [5.41, 5.74) is 5.98. The number of carbonyl (C=O) groups excluding carboxylic acids is 1. The van der Waals surface area contributed by atoms with Gasteiger partial charge >= 0.3 is 0 Å². The normalized spacial score (nSPS) is 39.1. The van der Waals surface area contributed by atoms with Crippen LogP contribution in [0.4, 0.5) is 0 Å². The van der Waals surface area contributed by atoms with Gasteiger partial charge in [0, 0.05) is 25.0 Å². The summed E-state index contributed by atoms with van der Waals surface area (Å²) in [5.74, 6) is 1.88. The van der Waals surface area contributed by atoms with E-state index in [0.717, 1.165) is 38.8 Å². The van der Waals surface area contributed by atoms with E-state index in [4.69, 9.17) is 5.73 Å². The summed E-state index contributed by atoms with van der Waals surface area (Å²) in [6, 6.07) is 0.248. The smallest absolute Gasteiger partial charge is 0.225 e. The minimum absolute atomic E-state index is 0.205. The van der Waals surface area contributed by atoms with Gasteiger partial charge in [0.1, 0.15) is 0 Å². The first-order valence-corrected chi connectivity index (χ1v) is 7.10. The van der Waals surface area contributed by atoms with Gasteiger partial charge in [0.2, 0.25) is 5.91 Å². The molecule has 4 unspecified atom stereocenters. The highest BCUT2D eigenvalue weighted by Gasteiger charge is 2.32. The van der Waals surface area contributed by atoms with Crippen molar-refractivity contribution in [3.8, 4) is 0 Å². The zero-order valence-electron chi connectivity index (χ0n) is 11.2. The van der Waals surface area contributed by atoms with Crippen molar-refractivity contribution in [1.82, 2.24) is 4.90 Å². The van der Waals surface area contributed by atoms with Crippen LogP contribution in [0.15, 0.2) is 0 Å². The van der Waals surface area contributed by atoms with Gasteiger partial charge < -0.3 is 10.6 Å². The highest BCUT2D eigenvalue weighted by atomic mass is 16.2. The van der Waals surface area contributed by atoms with Crippen LogP contribution in [-0.2, 0) is 4.79 Å². The number of likely N-dealkylation sites (tertiary alicyclic amines) is 1. The van der Waals surface area contributed by atoms with Crippen LogP contribution < -0.4 is 5.73 Å². The lowest BCUT2D eigenvalue weighted by Crippen LogP contribution is -2.47. The Labute approximate surface area is 105 Å². The van der Waals surface area contributed by atoms with E-state index in [2.05, 4.69) is 18.7 Å². The van der Waals surface area contributed by atoms with Crippen LogP contribution in [0, 0.1) is 17.8 Å². The second-order valence-corrected chi connectivity index (χ2v) is 6.31. The van der Waals surface area contributed by atoms with Crippen LogP contribution in [0.2, 0.25) is 0 Å². The van der Waals surface area contributed by atoms with Crippen LogP contribution in [0.25, 0.3) is 0 Å². The molecule has 1 saturated carbocycles. The third-order valence-corrected chi connectivity index (χ3v) is 4.24. The Hall–Kier alpha value is -0.570. The molecular formula is C14H26N2O. The monoisotopic (exact) mass is 238 g/mol. The van der Waals surface area contributed by atoms with Gasteiger partial charge in [0.15, 0.2) is 0 Å². The van der Waals surface area contributed by atoms with E-state index in [1.165, 1.54) is 6.42 Å². The van der Waals surface area contributed by atoms with E-state index in [9.17, 15) is 4.79 Å². The molecule has 0 aromatic carbocycles. The molecule has 0 spiro atoms. The Morgan fingerprint density at radius 3 is 2.35 bits per heavy atom. The first-order valence-electron chi connectivity index (χ1n) is 7.10. The van der Waals surface area contributed by atoms with Gasteiger partial charge in [-0.1, -0.05) is 20.3 Å². The molecule has 0 aromatic heterocycles. The second-order valence-electron chi connectivity index (χ2n) is 6.31. The fraction of sp³-hybridized carbons (Fsp3) is 0.929. The van der Waals surface area contributed by atoms with Crippen LogP contribution >= 0.6 is 0 Å². The number of amides is 1. The summed E-state index contributed by atoms with van der Waals surface area (Å²) in [6.45, 7) is 6.41. The van der Waals surface area contributed by atoms with E-state index in [1.807, 2.05) is 0 Å². The predicted octanol–water partition coefficient (Wildman–Crippen LogP) is 2.01. The molecular weight excluding hydrogens is 212 g/mol. The lowest BCUT2D eigenvalue weighted by molar-refractivity contribution is -0.139. The lowest BCUT2D eigenvalue weighted by Gasteiger charge is -2.38. The Kier molecular flexibility index (Phi) is 4.08. The molecule has 3 nitrogen and oxygen atoms in total. The quantitative estimate of drug-likeness (QED) is 0.759. The molecule has 4 atom stereocenters. The first-order chi connectivity index (χ1) is 8.06. The van der Waals surface area contributed by atoms with Gasteiger partial charge in [-0.05, 0) is 37.5 Å². The van der Waals surface area contributed by atoms with E-state index in [-0.39, 0.29) is 12.0 Å². The maximum atomic E-state index is 12.5. The van der Waals surface area contributed by atoms with Crippen LogP contribution in [0.5, 0.6) is 0 Å². The standard InChI is InChI=1S/C14H26N2O/c1-10-6-11(2)9-16(8-10)14(17)12-4-3-5-13(15)7-12/h10-13H,3-9,15H2,1-2H3. The Balaban J connectivity index is 1.94. The molecule has 3 heteroatoms. The summed E-state index contributed by atoms with van der Waals surface area (Å²) in [4.78, 5) is 14.6. The number of hydrogen-bond donors (Lipinski definition) is 1. The highest BCUT2D eigenvalue weighted by Crippen LogP contribution is 2.28. The molecule has 2 N–H and O–H groups in total. The summed E-state index contributed by atoms with van der Waals surface area (Å²) < 4.78 is 0. The molecule has 2 rings (SSSR count). The molecule has 0 bridgehead atoms. The van der Waals surface area contributed by atoms with Gasteiger partial charge in [-0.15, -0.1) is 0 Å². The lowest BCUT2D eigenvalue weighted by atomic mass is 9.84. The van der Waals surface area contributed by atoms with Crippen molar-refractivity contribution in [2.24, 2.45) is 23.5 Å². The number of hydrogen-bond acceptors (Lipinski definition) is 2. The Bertz CT molecular complexity index is 269. The van der Waals surface area contributed by atoms with Gasteiger partial charge in [-0.2, -0.15) is 0 Å². The minimum Gasteiger partial charge on any atom is -0.342 e. The van der Waals surface area contributed by atoms with E-state index in [1.54, 1.807) is 0 Å². The van der Waals surface area contributed by atoms with E-state index >= 15 is 0 Å². The van der Waals surface area contributed by atoms with Crippen molar-refractivity contribution in [3.63, 3.8) is 0 Å². The Morgan fingerprint density at radius 1 is 1.12 bits per heavy atom. The van der Waals surface area contributed by atoms with Crippen LogP contribution in [0.3, 0.4) is 0 Å². The second kappa shape index (κ2) is 5.38. The van der Waals surface area contributed by atoms with Crippen molar-refractivity contribution in [2.45, 2.75) is 52.0 Å². The molecule has 0 aromatic rings. The van der Waals surface area contributed by atoms with Crippen molar-refractivity contribution in [3.05, 3.63) is 0 Å². The third kappa shape index (κ3) is 3.21. The van der Waals surface area contributed by atoms with Crippen molar-refractivity contribution in [2.75, 3.05) is 13.1 Å². The average molecular weight is 238 g/mol. The number of rotatable bonds is 1. The zero-order valence-corrected chi connectivity index (χ0v) is 11.2. The van der Waals surface area contributed by atoms with Crippen molar-refractivity contribution in [1.29, 1.82) is 0 Å². The number of carbonyl (C=O) groups is 1. The van der Waals surface area contributed by atoms with Crippen molar-refractivity contribution < 1.29 is 4.79 Å². The molecule has 1 aliphatic heterocycles. The SMILES string of the molecule is CC1CC(C)CN(C(=O)C2CCCC(N)C2)C1. The van der Waals surface area contributed by atoms with Gasteiger partial charge in [0.05, 0.1) is 0 Å². The maximum absolute atomic E-state index is 12.5. The summed E-state index contributed by atoms with van der Waals surface area (Å²) >= 11 is 0. The molecule has 1 amide bonds. The van der Waals surface area contributed by atoms with E-state index in [0.29, 0.717) is 17.7 Å². The Morgan fingerprint density at radius 2 is 1.76 bits per heavy atom. The zero-order chi connectivity index (χ0) is 12.4. The van der Waals surface area contributed by atoms with Gasteiger partial charge in [-0.25, -0.2) is 0 Å². The molecule has 17 heavy (non-hydrogen) atoms. The molecule has 2 fully saturated rings. The van der Waals surface area contributed by atoms with Crippen molar-refractivity contribution >= 4 is 5.91 Å². The molecule has 1 heterocycles. The molecule has 2 aliphatic rings. The average Bonchev–Trinajstić information content (AvgIpc) is 2.26. The minimum atomic E-state index is 0.205. The van der Waals surface area contributed by atoms with Crippen LogP contribution in [0.1, 0.15) is 46.0 Å². The molecule has 1 saturated heterocycles. The summed E-state index contributed by atoms with van der Waals surface area (Å²) in [5, 5.41) is 0. The molecule has 0 radical (unpaired) electrons. The summed E-state index contributed by atoms with van der Waals surface area (Å²) in [6.07, 6.45) is 5.42. The number of piperidine rings is 1. The highest BCUT2D eigenvalue weighted by molar-refractivity contribution is 5.79. The number of nitrogens with two attached hydrogens (primary N) is 1. The predicted molar refractivity (Wildman–Crippen MR) is 69.5 cm³/mol. The first kappa shape index (κ1) is 12.9. The fourth-order valence-electron chi connectivity index (χ4n) is 3.55. The maximum Gasteiger partial charge on any atom is 0.225 e. The van der Waals surface area contributed by atoms with E-state index < -0.39 is 0 Å².